The summed E-state index contributed by atoms with van der Waals surface area (Å²) >= 11 is 5.96. The van der Waals surface area contributed by atoms with E-state index in [-0.39, 0.29) is 17.0 Å². The van der Waals surface area contributed by atoms with Gasteiger partial charge in [-0.1, -0.05) is 11.6 Å². The maximum atomic E-state index is 12.3. The molecule has 0 aromatic heterocycles. The van der Waals surface area contributed by atoms with E-state index in [4.69, 9.17) is 25.8 Å². The summed E-state index contributed by atoms with van der Waals surface area (Å²) in [5.41, 5.74) is 0.550. The van der Waals surface area contributed by atoms with E-state index in [1.54, 1.807) is 18.2 Å². The number of carboxylic acid groups (broad SMARTS) is 1. The van der Waals surface area contributed by atoms with Gasteiger partial charge < -0.3 is 24.6 Å². The summed E-state index contributed by atoms with van der Waals surface area (Å²) in [4.78, 5) is 23.7. The molecule has 2 N–H and O–H groups in total. The molecule has 0 saturated heterocycles. The highest BCUT2D eigenvalue weighted by Gasteiger charge is 2.17. The first-order valence-corrected chi connectivity index (χ1v) is 8.09. The van der Waals surface area contributed by atoms with Crippen molar-refractivity contribution in [3.05, 3.63) is 52.6 Å². The topological polar surface area (TPSA) is 94.1 Å². The van der Waals surface area contributed by atoms with Crippen LogP contribution in [0.25, 0.3) is 6.08 Å². The molecule has 7 nitrogen and oxygen atoms in total. The Kier molecular flexibility index (Phi) is 6.67. The zero-order valence-electron chi connectivity index (χ0n) is 14.9. The Morgan fingerprint density at radius 3 is 2.22 bits per heavy atom. The highest BCUT2D eigenvalue weighted by atomic mass is 35.5. The Labute approximate surface area is 161 Å². The molecule has 8 heteroatoms. The lowest BCUT2D eigenvalue weighted by Gasteiger charge is -2.13. The number of benzene rings is 2. The van der Waals surface area contributed by atoms with Gasteiger partial charge in [0.2, 0.25) is 5.91 Å². The zero-order chi connectivity index (χ0) is 20.0. The predicted octanol–water partition coefficient (Wildman–Crippen LogP) is 3.72. The number of carbonyl (C=O) groups is 2. The summed E-state index contributed by atoms with van der Waals surface area (Å²) in [6.45, 7) is 0. The lowest BCUT2D eigenvalue weighted by molar-refractivity contribution is -0.111. The molecule has 0 radical (unpaired) electrons. The molecule has 0 bridgehead atoms. The van der Waals surface area contributed by atoms with Gasteiger partial charge >= 0.3 is 5.97 Å². The van der Waals surface area contributed by atoms with Gasteiger partial charge in [0, 0.05) is 28.8 Å². The highest BCUT2D eigenvalue weighted by molar-refractivity contribution is 6.30. The molecule has 2 aromatic carbocycles. The van der Waals surface area contributed by atoms with Crippen molar-refractivity contribution < 1.29 is 28.9 Å². The minimum Gasteiger partial charge on any atom is -0.496 e. The second kappa shape index (κ2) is 8.95. The quantitative estimate of drug-likeness (QED) is 0.698. The summed E-state index contributed by atoms with van der Waals surface area (Å²) in [5, 5.41) is 12.4. The van der Waals surface area contributed by atoms with Crippen LogP contribution < -0.4 is 19.5 Å². The highest BCUT2D eigenvalue weighted by Crippen LogP contribution is 2.33. The van der Waals surface area contributed by atoms with Gasteiger partial charge in [0.1, 0.15) is 5.75 Å². The predicted molar refractivity (Wildman–Crippen MR) is 102 cm³/mol. The third-order valence-corrected chi connectivity index (χ3v) is 3.85. The Morgan fingerprint density at radius 1 is 1.00 bits per heavy atom. The number of rotatable bonds is 7. The first-order valence-electron chi connectivity index (χ1n) is 7.71. The molecule has 0 aliphatic carbocycles. The third-order valence-electron chi connectivity index (χ3n) is 3.62. The average molecular weight is 392 g/mol. The van der Waals surface area contributed by atoms with Crippen molar-refractivity contribution >= 4 is 35.2 Å². The molecule has 0 spiro atoms. The molecule has 0 saturated carbocycles. The molecule has 2 rings (SSSR count). The Morgan fingerprint density at radius 2 is 1.63 bits per heavy atom. The van der Waals surface area contributed by atoms with Gasteiger partial charge in [-0.2, -0.15) is 0 Å². The van der Waals surface area contributed by atoms with E-state index in [1.807, 2.05) is 0 Å². The summed E-state index contributed by atoms with van der Waals surface area (Å²) in [6, 6.07) is 7.65. The number of amides is 1. The van der Waals surface area contributed by atoms with Crippen LogP contribution in [0.3, 0.4) is 0 Å². The molecule has 0 aliphatic heterocycles. The van der Waals surface area contributed by atoms with E-state index in [9.17, 15) is 14.7 Å². The number of hydrogen-bond acceptors (Lipinski definition) is 5. The molecule has 2 aromatic rings. The van der Waals surface area contributed by atoms with Crippen LogP contribution in [0.5, 0.6) is 17.2 Å². The number of carboxylic acids is 1. The van der Waals surface area contributed by atoms with E-state index in [0.717, 1.165) is 0 Å². The van der Waals surface area contributed by atoms with Crippen molar-refractivity contribution in [3.63, 3.8) is 0 Å². The van der Waals surface area contributed by atoms with Crippen LogP contribution in [0.2, 0.25) is 5.02 Å². The molecular weight excluding hydrogens is 374 g/mol. The summed E-state index contributed by atoms with van der Waals surface area (Å²) in [5.74, 6) is -0.676. The third kappa shape index (κ3) is 4.92. The number of ether oxygens (including phenoxy) is 3. The van der Waals surface area contributed by atoms with Gasteiger partial charge in [0.05, 0.1) is 32.6 Å². The number of methoxy groups -OCH3 is 3. The van der Waals surface area contributed by atoms with Gasteiger partial charge in [-0.15, -0.1) is 0 Å². The van der Waals surface area contributed by atoms with Crippen molar-refractivity contribution in [2.24, 2.45) is 0 Å². The van der Waals surface area contributed by atoms with Crippen LogP contribution >= 0.6 is 11.6 Å². The molecule has 0 aliphatic rings. The number of anilines is 1. The monoisotopic (exact) mass is 391 g/mol. The number of aromatic carboxylic acids is 1. The van der Waals surface area contributed by atoms with Crippen LogP contribution in [0.4, 0.5) is 5.69 Å². The summed E-state index contributed by atoms with van der Waals surface area (Å²) in [7, 11) is 4.31. The SMILES string of the molecule is COc1ccc(Cl)cc1/C=C/C(=O)Nc1cc(OC)c(OC)cc1C(=O)O. The van der Waals surface area contributed by atoms with Gasteiger partial charge in [-0.3, -0.25) is 4.79 Å². The number of carbonyl (C=O) groups excluding carboxylic acids is 1. The molecule has 0 fully saturated rings. The van der Waals surface area contributed by atoms with Crippen molar-refractivity contribution in [1.82, 2.24) is 0 Å². The Balaban J connectivity index is 2.30. The van der Waals surface area contributed by atoms with E-state index in [2.05, 4.69) is 5.32 Å². The average Bonchev–Trinajstić information content (AvgIpc) is 2.65. The second-order valence-electron chi connectivity index (χ2n) is 5.27. The van der Waals surface area contributed by atoms with Gasteiger partial charge in [-0.25, -0.2) is 4.79 Å². The maximum absolute atomic E-state index is 12.3. The molecule has 0 heterocycles. The fourth-order valence-corrected chi connectivity index (χ4v) is 2.52. The van der Waals surface area contributed by atoms with Crippen molar-refractivity contribution in [3.8, 4) is 17.2 Å². The smallest absolute Gasteiger partial charge is 0.337 e. The van der Waals surface area contributed by atoms with Crippen molar-refractivity contribution in [2.75, 3.05) is 26.6 Å². The van der Waals surface area contributed by atoms with Crippen molar-refractivity contribution in [1.29, 1.82) is 0 Å². The van der Waals surface area contributed by atoms with Gasteiger partial charge in [0.25, 0.3) is 0 Å². The van der Waals surface area contributed by atoms with Crippen LogP contribution in [0.15, 0.2) is 36.4 Å². The van der Waals surface area contributed by atoms with E-state index in [0.29, 0.717) is 22.1 Å². The normalized spacial score (nSPS) is 10.5. The Hall–Kier alpha value is -3.19. The van der Waals surface area contributed by atoms with E-state index in [1.165, 1.54) is 45.6 Å². The fourth-order valence-electron chi connectivity index (χ4n) is 2.33. The van der Waals surface area contributed by atoms with Gasteiger partial charge in [0.15, 0.2) is 11.5 Å². The second-order valence-corrected chi connectivity index (χ2v) is 5.70. The lowest BCUT2D eigenvalue weighted by atomic mass is 10.1. The zero-order valence-corrected chi connectivity index (χ0v) is 15.7. The Bertz CT molecular complexity index is 894. The minimum atomic E-state index is -1.22. The number of nitrogens with one attached hydrogen (secondary N) is 1. The van der Waals surface area contributed by atoms with Crippen LogP contribution in [-0.2, 0) is 4.79 Å². The number of halogens is 1. The summed E-state index contributed by atoms with van der Waals surface area (Å²) in [6.07, 6.45) is 2.76. The molecule has 0 atom stereocenters. The molecular formula is C19H18ClNO6. The molecule has 27 heavy (non-hydrogen) atoms. The largest absolute Gasteiger partial charge is 0.496 e. The molecule has 1 amide bonds. The lowest BCUT2D eigenvalue weighted by Crippen LogP contribution is -2.12. The molecule has 0 unspecified atom stereocenters. The van der Waals surface area contributed by atoms with Crippen LogP contribution in [0, 0.1) is 0 Å². The fraction of sp³-hybridized carbons (Fsp3) is 0.158. The van der Waals surface area contributed by atoms with E-state index >= 15 is 0 Å². The van der Waals surface area contributed by atoms with E-state index < -0.39 is 11.9 Å². The summed E-state index contributed by atoms with van der Waals surface area (Å²) < 4.78 is 15.4. The van der Waals surface area contributed by atoms with Gasteiger partial charge in [-0.05, 0) is 24.3 Å². The van der Waals surface area contributed by atoms with Crippen LogP contribution in [-0.4, -0.2) is 38.3 Å². The number of hydrogen-bond donors (Lipinski definition) is 2. The van der Waals surface area contributed by atoms with Crippen molar-refractivity contribution in [2.45, 2.75) is 0 Å². The standard InChI is InChI=1S/C19H18ClNO6/c1-25-15-6-5-12(20)8-11(15)4-7-18(22)21-14-10-17(27-3)16(26-2)9-13(14)19(23)24/h4-10H,1-3H3,(H,21,22)(H,23,24)/b7-4+. The maximum Gasteiger partial charge on any atom is 0.337 e. The minimum absolute atomic E-state index is 0.0767. The first-order chi connectivity index (χ1) is 12.9. The van der Waals surface area contributed by atoms with Crippen LogP contribution in [0.1, 0.15) is 15.9 Å². The first kappa shape index (κ1) is 20.1. The molecule has 142 valence electrons.